The van der Waals surface area contributed by atoms with E-state index in [2.05, 4.69) is 9.72 Å². The molecule has 2 heterocycles. The number of hydrogen-bond acceptors (Lipinski definition) is 5. The van der Waals surface area contributed by atoms with Crippen molar-refractivity contribution in [2.75, 3.05) is 20.2 Å². The number of nitrogens with one attached hydrogen (secondary N) is 1. The van der Waals surface area contributed by atoms with E-state index in [0.717, 1.165) is 11.3 Å². The lowest BCUT2D eigenvalue weighted by atomic mass is 9.93. The van der Waals surface area contributed by atoms with Gasteiger partial charge in [-0.05, 0) is 30.5 Å². The molecule has 0 bridgehead atoms. The van der Waals surface area contributed by atoms with Gasteiger partial charge in [-0.3, -0.25) is 4.79 Å². The molecule has 0 spiro atoms. The minimum atomic E-state index is -0.654. The summed E-state index contributed by atoms with van der Waals surface area (Å²) < 4.78 is 9.94. The molecule has 3 rings (SSSR count). The number of H-pyrrole nitrogens is 1. The number of nitrogens with zero attached hydrogens (tertiary/aromatic N) is 1. The maximum atomic E-state index is 12.2. The van der Waals surface area contributed by atoms with E-state index in [4.69, 9.17) is 4.74 Å². The number of amides is 1. The van der Waals surface area contributed by atoms with Gasteiger partial charge in [-0.1, -0.05) is 30.3 Å². The van der Waals surface area contributed by atoms with Crippen LogP contribution in [0.25, 0.3) is 0 Å². The number of likely N-dealkylation sites (tertiary alicyclic amines) is 1. The molecular weight excluding hydrogens is 348 g/mol. The third-order valence-corrected chi connectivity index (χ3v) is 4.74. The van der Waals surface area contributed by atoms with Gasteiger partial charge in [-0.15, -0.1) is 0 Å². The predicted octanol–water partition coefficient (Wildman–Crippen LogP) is 2.68. The summed E-state index contributed by atoms with van der Waals surface area (Å²) in [6.45, 7) is 1.36. The molecule has 1 aromatic heterocycles. The Morgan fingerprint density at radius 2 is 1.81 bits per heavy atom. The van der Waals surface area contributed by atoms with E-state index in [-0.39, 0.29) is 24.2 Å². The Labute approximate surface area is 156 Å². The lowest BCUT2D eigenvalue weighted by molar-refractivity contribution is 0.0598. The number of pyridine rings is 1. The van der Waals surface area contributed by atoms with Gasteiger partial charge >= 0.3 is 12.1 Å². The highest BCUT2D eigenvalue weighted by Gasteiger charge is 2.25. The van der Waals surface area contributed by atoms with Crippen LogP contribution in [0, 0.1) is 0 Å². The second-order valence-corrected chi connectivity index (χ2v) is 6.45. The summed E-state index contributed by atoms with van der Waals surface area (Å²) in [7, 11) is 1.24. The molecule has 1 saturated heterocycles. The number of hydrogen-bond donors (Lipinski definition) is 1. The topological polar surface area (TPSA) is 88.7 Å². The minimum Gasteiger partial charge on any atom is -0.465 e. The number of ether oxygens (including phenoxy) is 2. The van der Waals surface area contributed by atoms with Crippen LogP contribution in [-0.4, -0.2) is 42.1 Å². The first-order valence-corrected chi connectivity index (χ1v) is 8.85. The van der Waals surface area contributed by atoms with E-state index in [1.54, 1.807) is 11.0 Å². The number of carbonyl (C=O) groups excluding carboxylic acids is 2. The lowest BCUT2D eigenvalue weighted by Gasteiger charge is -2.31. The summed E-state index contributed by atoms with van der Waals surface area (Å²) in [6, 6.07) is 12.8. The summed E-state index contributed by atoms with van der Waals surface area (Å²) in [4.78, 5) is 40.2. The Morgan fingerprint density at radius 3 is 2.44 bits per heavy atom. The van der Waals surface area contributed by atoms with Crippen LogP contribution in [0.15, 0.2) is 47.3 Å². The van der Waals surface area contributed by atoms with E-state index in [9.17, 15) is 14.4 Å². The molecule has 1 fully saturated rings. The number of methoxy groups -OCH3 is 1. The third-order valence-electron chi connectivity index (χ3n) is 4.74. The molecule has 7 heteroatoms. The van der Waals surface area contributed by atoms with Crippen LogP contribution in [-0.2, 0) is 16.1 Å². The summed E-state index contributed by atoms with van der Waals surface area (Å²) in [5.74, 6) is -0.527. The molecule has 1 aliphatic rings. The van der Waals surface area contributed by atoms with Crippen LogP contribution >= 0.6 is 0 Å². The molecule has 142 valence electrons. The van der Waals surface area contributed by atoms with Crippen molar-refractivity contribution in [3.05, 3.63) is 69.6 Å². The average molecular weight is 370 g/mol. The molecule has 0 saturated carbocycles. The molecule has 1 amide bonds. The monoisotopic (exact) mass is 370 g/mol. The summed E-state index contributed by atoms with van der Waals surface area (Å²) in [5, 5.41) is 0. The second-order valence-electron chi connectivity index (χ2n) is 6.45. The highest BCUT2D eigenvalue weighted by Crippen LogP contribution is 2.26. The van der Waals surface area contributed by atoms with Crippen molar-refractivity contribution in [1.29, 1.82) is 0 Å². The van der Waals surface area contributed by atoms with Gasteiger partial charge in [-0.2, -0.15) is 0 Å². The molecule has 2 aromatic rings. The maximum absolute atomic E-state index is 12.2. The highest BCUT2D eigenvalue weighted by atomic mass is 16.6. The predicted molar refractivity (Wildman–Crippen MR) is 98.6 cm³/mol. The quantitative estimate of drug-likeness (QED) is 0.836. The maximum Gasteiger partial charge on any atom is 0.410 e. The molecular formula is C20H22N2O5. The van der Waals surface area contributed by atoms with Crippen LogP contribution in [0.5, 0.6) is 0 Å². The summed E-state index contributed by atoms with van der Waals surface area (Å²) in [6.07, 6.45) is 1.11. The average Bonchev–Trinajstić information content (AvgIpc) is 2.72. The number of esters is 1. The molecule has 1 aromatic carbocycles. The zero-order valence-corrected chi connectivity index (χ0v) is 15.1. The Balaban J connectivity index is 1.54. The fourth-order valence-corrected chi connectivity index (χ4v) is 3.18. The number of benzene rings is 1. The largest absolute Gasteiger partial charge is 0.465 e. The molecule has 27 heavy (non-hydrogen) atoms. The van der Waals surface area contributed by atoms with E-state index in [0.29, 0.717) is 25.9 Å². The fraction of sp³-hybridized carbons (Fsp3) is 0.350. The Kier molecular flexibility index (Phi) is 5.90. The SMILES string of the molecule is COC(=O)c1ccc(C2CCN(C(=O)OCc3ccccc3)CC2)[nH]c1=O. The van der Waals surface area contributed by atoms with Gasteiger partial charge in [0.15, 0.2) is 0 Å². The van der Waals surface area contributed by atoms with Crippen molar-refractivity contribution in [2.24, 2.45) is 0 Å². The van der Waals surface area contributed by atoms with Gasteiger partial charge in [0.2, 0.25) is 0 Å². The standard InChI is InChI=1S/C20H22N2O5/c1-26-19(24)16-7-8-17(21-18(16)23)15-9-11-22(12-10-15)20(25)27-13-14-5-3-2-4-6-14/h2-8,15H,9-13H2,1H3,(H,21,23). The summed E-state index contributed by atoms with van der Waals surface area (Å²) in [5.41, 5.74) is 1.25. The van der Waals surface area contributed by atoms with Crippen molar-refractivity contribution in [3.63, 3.8) is 0 Å². The zero-order chi connectivity index (χ0) is 19.2. The van der Waals surface area contributed by atoms with Gasteiger partial charge < -0.3 is 19.4 Å². The number of aromatic amines is 1. The first-order valence-electron chi connectivity index (χ1n) is 8.85. The third kappa shape index (κ3) is 4.55. The molecule has 1 aliphatic heterocycles. The van der Waals surface area contributed by atoms with Crippen LogP contribution < -0.4 is 5.56 Å². The normalized spacial score (nSPS) is 14.6. The van der Waals surface area contributed by atoms with E-state index < -0.39 is 11.5 Å². The van der Waals surface area contributed by atoms with Crippen molar-refractivity contribution in [2.45, 2.75) is 25.4 Å². The van der Waals surface area contributed by atoms with Crippen molar-refractivity contribution >= 4 is 12.1 Å². The number of rotatable bonds is 4. The molecule has 0 atom stereocenters. The molecule has 0 radical (unpaired) electrons. The minimum absolute atomic E-state index is 0.0109. The number of carbonyl (C=O) groups is 2. The van der Waals surface area contributed by atoms with E-state index >= 15 is 0 Å². The van der Waals surface area contributed by atoms with Crippen molar-refractivity contribution in [3.8, 4) is 0 Å². The molecule has 0 aliphatic carbocycles. The van der Waals surface area contributed by atoms with Gasteiger partial charge in [0.25, 0.3) is 5.56 Å². The van der Waals surface area contributed by atoms with Crippen LogP contribution in [0.2, 0.25) is 0 Å². The first-order chi connectivity index (χ1) is 13.1. The Hall–Kier alpha value is -3.09. The fourth-order valence-electron chi connectivity index (χ4n) is 3.18. The van der Waals surface area contributed by atoms with Crippen LogP contribution in [0.1, 0.15) is 40.4 Å². The van der Waals surface area contributed by atoms with E-state index in [1.165, 1.54) is 13.2 Å². The Bertz CT molecular complexity index is 854. The Morgan fingerprint density at radius 1 is 1.11 bits per heavy atom. The van der Waals surface area contributed by atoms with Crippen LogP contribution in [0.3, 0.4) is 0 Å². The molecule has 7 nitrogen and oxygen atoms in total. The van der Waals surface area contributed by atoms with Gasteiger partial charge in [-0.25, -0.2) is 9.59 Å². The van der Waals surface area contributed by atoms with Crippen molar-refractivity contribution < 1.29 is 19.1 Å². The highest BCUT2D eigenvalue weighted by molar-refractivity contribution is 5.88. The van der Waals surface area contributed by atoms with Gasteiger partial charge in [0.1, 0.15) is 12.2 Å². The van der Waals surface area contributed by atoms with E-state index in [1.807, 2.05) is 30.3 Å². The second kappa shape index (κ2) is 8.53. The van der Waals surface area contributed by atoms with Gasteiger partial charge in [0, 0.05) is 24.7 Å². The van der Waals surface area contributed by atoms with Crippen molar-refractivity contribution in [1.82, 2.24) is 9.88 Å². The lowest BCUT2D eigenvalue weighted by Crippen LogP contribution is -2.38. The first kappa shape index (κ1) is 18.7. The van der Waals surface area contributed by atoms with Gasteiger partial charge in [0.05, 0.1) is 7.11 Å². The smallest absolute Gasteiger partial charge is 0.410 e. The van der Waals surface area contributed by atoms with Crippen LogP contribution in [0.4, 0.5) is 4.79 Å². The number of piperidine rings is 1. The molecule has 0 unspecified atom stereocenters. The number of aromatic nitrogens is 1. The summed E-state index contributed by atoms with van der Waals surface area (Å²) >= 11 is 0. The zero-order valence-electron chi connectivity index (χ0n) is 15.1. The molecule has 1 N–H and O–H groups in total.